The van der Waals surface area contributed by atoms with Gasteiger partial charge in [0, 0.05) is 138 Å². The van der Waals surface area contributed by atoms with Gasteiger partial charge in [-0.25, -0.2) is 13.2 Å². The summed E-state index contributed by atoms with van der Waals surface area (Å²) in [6.07, 6.45) is 10.3. The molecule has 6 aliphatic heterocycles. The fraction of sp³-hybridized carbons (Fsp3) is 0.527. The van der Waals surface area contributed by atoms with Crippen LogP contribution < -0.4 is 19.6 Å². The Morgan fingerprint density at radius 1 is 0.915 bits per heavy atom. The molecule has 12 nitrogen and oxygen atoms in total. The van der Waals surface area contributed by atoms with Crippen LogP contribution in [0.15, 0.2) is 60.9 Å². The smallest absolute Gasteiger partial charge is 0.264 e. The summed E-state index contributed by atoms with van der Waals surface area (Å²) in [5.74, 6) is 1.23. The molecule has 16 heteroatoms. The second kappa shape index (κ2) is 19.4. The van der Waals surface area contributed by atoms with Crippen molar-refractivity contribution in [3.8, 4) is 17.2 Å². The zero-order valence-corrected chi connectivity index (χ0v) is 42.0. The van der Waals surface area contributed by atoms with Gasteiger partial charge in [0.05, 0.1) is 35.1 Å². The summed E-state index contributed by atoms with van der Waals surface area (Å²) in [7, 11) is 1.79. The van der Waals surface area contributed by atoms with Crippen LogP contribution in [-0.4, -0.2) is 107 Å². The highest BCUT2D eigenvalue weighted by molar-refractivity contribution is 6.32. The summed E-state index contributed by atoms with van der Waals surface area (Å²) in [5.41, 5.74) is 8.63. The molecule has 71 heavy (non-hydrogen) atoms. The minimum Gasteiger partial charge on any atom is -0.371 e. The van der Waals surface area contributed by atoms with Crippen LogP contribution in [0, 0.1) is 28.5 Å². The highest BCUT2D eigenvalue weighted by atomic mass is 35.5. The van der Waals surface area contributed by atoms with E-state index in [9.17, 15) is 18.8 Å². The van der Waals surface area contributed by atoms with Crippen molar-refractivity contribution in [3.05, 3.63) is 99.7 Å². The maximum absolute atomic E-state index is 16.0. The first-order valence-electron chi connectivity index (χ1n) is 25.9. The van der Waals surface area contributed by atoms with Gasteiger partial charge in [0.2, 0.25) is 5.91 Å². The van der Waals surface area contributed by atoms with E-state index in [1.807, 2.05) is 35.2 Å². The standard InChI is InChI=1S/C55H65ClF3N11O/c1-36-29-55(35-69(36)44-7-6-40(30-60)48(56)26-44)15-23-65(24-16-55)43-8-9-51(49(57)27-43)66-20-10-38(11-21-66)32-64-18-12-42(13-19-64)70-50-14-22-67(37(2)71)34-47(50)54(62-70)68-17-4-5-39-25-45(41-31-61-63(3)33-41)46(53(58)59)28-52(39)68/h6-9,25-28,31,33,36,38,42,53H,4-5,10-24,29,32,34-35H2,1-3H3/t36-/m0/s1. The Bertz CT molecular complexity index is 2830. The number of piperidine rings is 3. The number of hydrogen-bond donors (Lipinski definition) is 0. The first-order chi connectivity index (χ1) is 34.3. The molecule has 0 aliphatic carbocycles. The molecule has 1 spiro atoms. The number of aryl methyl sites for hydroxylation is 2. The fourth-order valence-corrected chi connectivity index (χ4v) is 13.3. The summed E-state index contributed by atoms with van der Waals surface area (Å²) in [6, 6.07) is 18.0. The van der Waals surface area contributed by atoms with E-state index < -0.39 is 6.43 Å². The van der Waals surface area contributed by atoms with Gasteiger partial charge < -0.3 is 29.4 Å². The molecule has 1 atom stereocenters. The molecule has 374 valence electrons. The van der Waals surface area contributed by atoms with Crippen molar-refractivity contribution in [2.45, 2.75) is 103 Å². The highest BCUT2D eigenvalue weighted by Gasteiger charge is 2.44. The number of carbonyl (C=O) groups is 1. The molecule has 3 aromatic carbocycles. The Hall–Kier alpha value is -5.72. The Morgan fingerprint density at radius 3 is 2.38 bits per heavy atom. The lowest BCUT2D eigenvalue weighted by molar-refractivity contribution is -0.129. The summed E-state index contributed by atoms with van der Waals surface area (Å²) in [4.78, 5) is 26.4. The Labute approximate surface area is 420 Å². The predicted octanol–water partition coefficient (Wildman–Crippen LogP) is 10.3. The Balaban J connectivity index is 0.702. The molecule has 5 aromatic rings. The van der Waals surface area contributed by atoms with E-state index in [4.69, 9.17) is 16.7 Å². The van der Waals surface area contributed by atoms with Crippen molar-refractivity contribution in [1.29, 1.82) is 5.26 Å². The molecule has 4 fully saturated rings. The molecule has 0 unspecified atom stereocenters. The van der Waals surface area contributed by atoms with Crippen molar-refractivity contribution in [3.63, 3.8) is 0 Å². The predicted molar refractivity (Wildman–Crippen MR) is 273 cm³/mol. The third kappa shape index (κ3) is 9.24. The van der Waals surface area contributed by atoms with Crippen LogP contribution >= 0.6 is 11.6 Å². The molecule has 0 radical (unpaired) electrons. The quantitative estimate of drug-likeness (QED) is 0.143. The van der Waals surface area contributed by atoms with Crippen molar-refractivity contribution < 1.29 is 18.0 Å². The largest absolute Gasteiger partial charge is 0.371 e. The second-order valence-corrected chi connectivity index (χ2v) is 21.9. The van der Waals surface area contributed by atoms with Gasteiger partial charge >= 0.3 is 0 Å². The number of benzene rings is 3. The number of rotatable bonds is 9. The van der Waals surface area contributed by atoms with Crippen LogP contribution in [0.2, 0.25) is 5.02 Å². The van der Waals surface area contributed by atoms with Crippen LogP contribution in [-0.2, 0) is 31.2 Å². The number of halogens is 4. The lowest BCUT2D eigenvalue weighted by Crippen LogP contribution is -2.42. The first-order valence-corrected chi connectivity index (χ1v) is 26.3. The zero-order valence-electron chi connectivity index (χ0n) is 41.3. The van der Waals surface area contributed by atoms with Crippen LogP contribution in [0.5, 0.6) is 0 Å². The highest BCUT2D eigenvalue weighted by Crippen LogP contribution is 2.47. The number of carbonyl (C=O) groups excluding carboxylic acids is 1. The molecule has 0 bridgehead atoms. The topological polar surface area (TPSA) is 95.9 Å². The molecule has 4 saturated heterocycles. The van der Waals surface area contributed by atoms with Gasteiger partial charge in [0.1, 0.15) is 11.9 Å². The molecule has 2 aromatic heterocycles. The molecule has 6 aliphatic rings. The monoisotopic (exact) mass is 988 g/mol. The third-order valence-electron chi connectivity index (χ3n) is 17.1. The number of alkyl halides is 2. The van der Waals surface area contributed by atoms with Crippen molar-refractivity contribution in [2.75, 3.05) is 85.0 Å². The number of fused-ring (bicyclic) bond motifs is 2. The molecular formula is C55H65ClF3N11O. The van der Waals surface area contributed by atoms with Crippen LogP contribution in [0.1, 0.15) is 106 Å². The van der Waals surface area contributed by atoms with Gasteiger partial charge in [0.25, 0.3) is 6.43 Å². The summed E-state index contributed by atoms with van der Waals surface area (Å²) in [6.45, 7) is 13.1. The molecule has 1 amide bonds. The molecule has 8 heterocycles. The Kier molecular flexibility index (Phi) is 13.0. The molecule has 11 rings (SSSR count). The number of amides is 1. The van der Waals surface area contributed by atoms with E-state index in [-0.39, 0.29) is 28.7 Å². The second-order valence-electron chi connectivity index (χ2n) is 21.5. The number of aromatic nitrogens is 4. The van der Waals surface area contributed by atoms with E-state index in [1.165, 1.54) is 5.69 Å². The van der Waals surface area contributed by atoms with Gasteiger partial charge in [0.15, 0.2) is 5.82 Å². The van der Waals surface area contributed by atoms with Gasteiger partial charge in [-0.15, -0.1) is 0 Å². The van der Waals surface area contributed by atoms with Gasteiger partial charge in [-0.05, 0) is 136 Å². The lowest BCUT2D eigenvalue weighted by atomic mass is 9.76. The summed E-state index contributed by atoms with van der Waals surface area (Å²) >= 11 is 6.41. The maximum Gasteiger partial charge on any atom is 0.264 e. The third-order valence-corrected chi connectivity index (χ3v) is 17.4. The van der Waals surface area contributed by atoms with Gasteiger partial charge in [-0.2, -0.15) is 15.5 Å². The normalized spacial score (nSPS) is 21.1. The minimum atomic E-state index is -2.66. The van der Waals surface area contributed by atoms with E-state index in [2.05, 4.69) is 53.3 Å². The maximum atomic E-state index is 16.0. The number of nitrogens with zero attached hydrogens (tertiary/aromatic N) is 11. The van der Waals surface area contributed by atoms with Crippen LogP contribution in [0.3, 0.4) is 0 Å². The fourth-order valence-electron chi connectivity index (χ4n) is 13.1. The van der Waals surface area contributed by atoms with E-state index in [1.54, 1.807) is 43.2 Å². The number of anilines is 5. The number of hydrogen-bond acceptors (Lipinski definition) is 9. The summed E-state index contributed by atoms with van der Waals surface area (Å²) < 4.78 is 49.4. The van der Waals surface area contributed by atoms with Crippen LogP contribution in [0.4, 0.5) is 41.7 Å². The van der Waals surface area contributed by atoms with Crippen LogP contribution in [0.25, 0.3) is 11.1 Å². The zero-order chi connectivity index (χ0) is 49.1. The average molecular weight is 989 g/mol. The summed E-state index contributed by atoms with van der Waals surface area (Å²) in [5, 5.41) is 19.5. The van der Waals surface area contributed by atoms with Crippen molar-refractivity contribution >= 4 is 46.1 Å². The molecular weight excluding hydrogens is 923 g/mol. The van der Waals surface area contributed by atoms with Crippen molar-refractivity contribution in [2.24, 2.45) is 18.4 Å². The number of nitriles is 1. The van der Waals surface area contributed by atoms with E-state index in [0.717, 1.165) is 144 Å². The first kappa shape index (κ1) is 47.6. The lowest BCUT2D eigenvalue weighted by Gasteiger charge is -2.41. The Morgan fingerprint density at radius 2 is 1.69 bits per heavy atom. The number of likely N-dealkylation sites (tertiary alicyclic amines) is 1. The van der Waals surface area contributed by atoms with Crippen molar-refractivity contribution in [1.82, 2.24) is 29.4 Å². The van der Waals surface area contributed by atoms with Gasteiger partial charge in [-0.1, -0.05) is 11.6 Å². The van der Waals surface area contributed by atoms with E-state index in [0.29, 0.717) is 65.4 Å². The van der Waals surface area contributed by atoms with E-state index >= 15 is 4.39 Å². The average Bonchev–Trinajstić information content (AvgIpc) is 4.08. The molecule has 0 saturated carbocycles. The molecule has 0 N–H and O–H groups in total. The minimum absolute atomic E-state index is 0.00910. The SMILES string of the molecule is CC(=O)N1CCc2c(c(N3CCCc4cc(-c5cnn(C)c5)c(C(F)F)cc43)nn2C2CCN(CC3CCN(c4ccc(N5CCC6(CC5)C[C@H](C)N(c5ccc(C#N)c(Cl)c5)C6)cc4F)CC3)CC2)C1. The van der Waals surface area contributed by atoms with Gasteiger partial charge in [-0.3, -0.25) is 14.2 Å².